The summed E-state index contributed by atoms with van der Waals surface area (Å²) >= 11 is 0. The van der Waals surface area contributed by atoms with Crippen LogP contribution in [0.15, 0.2) is 0 Å². The number of nitrogens with zero attached hydrogens (tertiary/aromatic N) is 1. The van der Waals surface area contributed by atoms with Crippen molar-refractivity contribution >= 4 is 6.03 Å². The first-order valence-electron chi connectivity index (χ1n) is 4.87. The molecule has 0 bridgehead atoms. The summed E-state index contributed by atoms with van der Waals surface area (Å²) in [5.41, 5.74) is 0. The van der Waals surface area contributed by atoms with E-state index in [-0.39, 0.29) is 18.3 Å². The molecule has 1 fully saturated rings. The smallest absolute Gasteiger partial charge is 0.317 e. The number of ether oxygens (including phenoxy) is 1. The van der Waals surface area contributed by atoms with Crippen LogP contribution < -0.4 is 10.6 Å². The summed E-state index contributed by atoms with van der Waals surface area (Å²) in [4.78, 5) is 12.9. The lowest BCUT2D eigenvalue weighted by Crippen LogP contribution is -2.52. The molecule has 0 aliphatic carbocycles. The fourth-order valence-corrected chi connectivity index (χ4v) is 1.46. The van der Waals surface area contributed by atoms with Crippen LogP contribution in [0.5, 0.6) is 0 Å². The number of carbonyl (C=O) groups excluding carboxylic acids is 1. The van der Waals surface area contributed by atoms with Crippen molar-refractivity contribution < 1.29 is 9.53 Å². The number of piperidine rings is 1. The summed E-state index contributed by atoms with van der Waals surface area (Å²) in [7, 11) is 5.17. The van der Waals surface area contributed by atoms with Gasteiger partial charge in [-0.1, -0.05) is 0 Å². The summed E-state index contributed by atoms with van der Waals surface area (Å²) in [6.45, 7) is 0.776. The van der Waals surface area contributed by atoms with Crippen LogP contribution in [0.3, 0.4) is 0 Å². The van der Waals surface area contributed by atoms with E-state index < -0.39 is 0 Å². The first-order valence-corrected chi connectivity index (χ1v) is 4.87. The Morgan fingerprint density at radius 2 is 2.21 bits per heavy atom. The van der Waals surface area contributed by atoms with Crippen molar-refractivity contribution in [2.24, 2.45) is 0 Å². The van der Waals surface area contributed by atoms with E-state index >= 15 is 0 Å². The summed E-state index contributed by atoms with van der Waals surface area (Å²) in [5.74, 6) is 0. The summed E-state index contributed by atoms with van der Waals surface area (Å²) in [5, 5.41) is 6.14. The number of hydrogen-bond acceptors (Lipinski definition) is 3. The van der Waals surface area contributed by atoms with Crippen molar-refractivity contribution in [2.75, 3.05) is 27.7 Å². The van der Waals surface area contributed by atoms with Crippen molar-refractivity contribution in [3.8, 4) is 0 Å². The number of rotatable bonds is 2. The van der Waals surface area contributed by atoms with E-state index in [2.05, 4.69) is 10.6 Å². The zero-order chi connectivity index (χ0) is 10.6. The first-order chi connectivity index (χ1) is 6.63. The third-order valence-corrected chi connectivity index (χ3v) is 2.39. The van der Waals surface area contributed by atoms with Crippen LogP contribution in [-0.2, 0) is 4.74 Å². The second kappa shape index (κ2) is 5.17. The maximum atomic E-state index is 11.3. The number of amides is 2. The molecule has 2 N–H and O–H groups in total. The van der Waals surface area contributed by atoms with Crippen molar-refractivity contribution in [3.63, 3.8) is 0 Å². The fourth-order valence-electron chi connectivity index (χ4n) is 1.46. The van der Waals surface area contributed by atoms with Crippen LogP contribution in [0.25, 0.3) is 0 Å². The minimum atomic E-state index is -0.0346. The molecule has 0 radical (unpaired) electrons. The minimum absolute atomic E-state index is 0.0346. The second-order valence-electron chi connectivity index (χ2n) is 3.75. The van der Waals surface area contributed by atoms with Gasteiger partial charge in [0.2, 0.25) is 0 Å². The molecule has 2 atom stereocenters. The van der Waals surface area contributed by atoms with Gasteiger partial charge in [0.05, 0.1) is 0 Å². The molecule has 0 aromatic carbocycles. The van der Waals surface area contributed by atoms with E-state index in [1.165, 1.54) is 0 Å². The molecule has 1 aliphatic rings. The van der Waals surface area contributed by atoms with Crippen LogP contribution in [0.2, 0.25) is 0 Å². The normalized spacial score (nSPS) is 27.1. The first kappa shape index (κ1) is 11.3. The van der Waals surface area contributed by atoms with Crippen LogP contribution in [0, 0.1) is 0 Å². The molecular weight excluding hydrogens is 182 g/mol. The van der Waals surface area contributed by atoms with E-state index in [1.54, 1.807) is 26.1 Å². The average Bonchev–Trinajstić information content (AvgIpc) is 2.19. The van der Waals surface area contributed by atoms with Crippen LogP contribution in [0.1, 0.15) is 12.8 Å². The van der Waals surface area contributed by atoms with Gasteiger partial charge >= 0.3 is 6.03 Å². The number of hydrogen-bond donors (Lipinski definition) is 2. The van der Waals surface area contributed by atoms with Crippen LogP contribution in [-0.4, -0.2) is 51.0 Å². The zero-order valence-electron chi connectivity index (χ0n) is 9.04. The lowest BCUT2D eigenvalue weighted by molar-refractivity contribution is 0.0453. The predicted molar refractivity (Wildman–Crippen MR) is 54.0 cm³/mol. The van der Waals surface area contributed by atoms with E-state index in [9.17, 15) is 4.79 Å². The Morgan fingerprint density at radius 3 is 2.64 bits per heavy atom. The lowest BCUT2D eigenvalue weighted by atomic mass is 10.1. The Morgan fingerprint density at radius 1 is 1.50 bits per heavy atom. The Kier molecular flexibility index (Phi) is 4.16. The highest BCUT2D eigenvalue weighted by Gasteiger charge is 2.21. The van der Waals surface area contributed by atoms with E-state index in [4.69, 9.17) is 4.74 Å². The van der Waals surface area contributed by atoms with Crippen molar-refractivity contribution in [3.05, 3.63) is 0 Å². The summed E-state index contributed by atoms with van der Waals surface area (Å²) in [6.07, 6.45) is 2.04. The molecule has 1 aliphatic heterocycles. The molecule has 2 amide bonds. The molecule has 0 aromatic rings. The van der Waals surface area contributed by atoms with Crippen LogP contribution >= 0.6 is 0 Å². The van der Waals surface area contributed by atoms with Gasteiger partial charge in [0.25, 0.3) is 0 Å². The molecule has 0 saturated carbocycles. The van der Waals surface area contributed by atoms with Gasteiger partial charge in [0.1, 0.15) is 6.23 Å². The standard InChI is InChI=1S/C9H19N3O2/c1-12(2)9(13)11-7-4-5-8(14-3)10-6-7/h7-8,10H,4-6H2,1-3H3,(H,11,13). The average molecular weight is 201 g/mol. The number of methoxy groups -OCH3 is 1. The maximum absolute atomic E-state index is 11.3. The van der Waals surface area contributed by atoms with Gasteiger partial charge in [-0.15, -0.1) is 0 Å². The summed E-state index contributed by atoms with van der Waals surface area (Å²) < 4.78 is 5.16. The van der Waals surface area contributed by atoms with Gasteiger partial charge in [0, 0.05) is 33.8 Å². The van der Waals surface area contributed by atoms with Gasteiger partial charge in [0.15, 0.2) is 0 Å². The molecule has 82 valence electrons. The van der Waals surface area contributed by atoms with E-state index in [0.29, 0.717) is 0 Å². The predicted octanol–water partition coefficient (Wildman–Crippen LogP) is -0.0179. The Hall–Kier alpha value is -0.810. The summed E-state index contributed by atoms with van der Waals surface area (Å²) in [6, 6.07) is 0.184. The highest BCUT2D eigenvalue weighted by atomic mass is 16.5. The topological polar surface area (TPSA) is 53.6 Å². The fraction of sp³-hybridized carbons (Fsp3) is 0.889. The number of nitrogens with one attached hydrogen (secondary N) is 2. The van der Waals surface area contributed by atoms with Gasteiger partial charge in [-0.3, -0.25) is 5.32 Å². The van der Waals surface area contributed by atoms with Gasteiger partial charge in [-0.05, 0) is 12.8 Å². The van der Waals surface area contributed by atoms with Crippen molar-refractivity contribution in [1.82, 2.24) is 15.5 Å². The quantitative estimate of drug-likeness (QED) is 0.660. The SMILES string of the molecule is COC1CCC(NC(=O)N(C)C)CN1. The highest BCUT2D eigenvalue weighted by Crippen LogP contribution is 2.08. The third-order valence-electron chi connectivity index (χ3n) is 2.39. The molecule has 0 aromatic heterocycles. The Balaban J connectivity index is 2.25. The minimum Gasteiger partial charge on any atom is -0.367 e. The largest absolute Gasteiger partial charge is 0.367 e. The van der Waals surface area contributed by atoms with Crippen molar-refractivity contribution in [2.45, 2.75) is 25.1 Å². The van der Waals surface area contributed by atoms with Crippen molar-refractivity contribution in [1.29, 1.82) is 0 Å². The highest BCUT2D eigenvalue weighted by molar-refractivity contribution is 5.73. The molecule has 1 heterocycles. The Bertz CT molecular complexity index is 188. The zero-order valence-corrected chi connectivity index (χ0v) is 9.04. The molecule has 5 nitrogen and oxygen atoms in total. The molecule has 1 rings (SSSR count). The molecule has 0 spiro atoms. The van der Waals surface area contributed by atoms with Crippen LogP contribution in [0.4, 0.5) is 4.79 Å². The van der Waals surface area contributed by atoms with Gasteiger partial charge in [-0.2, -0.15) is 0 Å². The van der Waals surface area contributed by atoms with Gasteiger partial charge in [-0.25, -0.2) is 4.79 Å². The number of urea groups is 1. The Labute approximate surface area is 84.8 Å². The van der Waals surface area contributed by atoms with Gasteiger partial charge < -0.3 is 15.0 Å². The van der Waals surface area contributed by atoms with E-state index in [1.807, 2.05) is 0 Å². The monoisotopic (exact) mass is 201 g/mol. The maximum Gasteiger partial charge on any atom is 0.317 e. The molecule has 2 unspecified atom stereocenters. The molecule has 14 heavy (non-hydrogen) atoms. The molecule has 1 saturated heterocycles. The second-order valence-corrected chi connectivity index (χ2v) is 3.75. The lowest BCUT2D eigenvalue weighted by Gasteiger charge is -2.30. The third kappa shape index (κ3) is 3.16. The van der Waals surface area contributed by atoms with E-state index in [0.717, 1.165) is 19.4 Å². The number of carbonyl (C=O) groups is 1. The molecular formula is C9H19N3O2. The molecule has 5 heteroatoms.